The van der Waals surface area contributed by atoms with Crippen molar-refractivity contribution in [2.24, 2.45) is 0 Å². The van der Waals surface area contributed by atoms with E-state index in [2.05, 4.69) is 9.69 Å². The van der Waals surface area contributed by atoms with Crippen LogP contribution in [0.4, 0.5) is 24.0 Å². The number of rotatable bonds is 5. The molecule has 0 fully saturated rings. The van der Waals surface area contributed by atoms with Gasteiger partial charge >= 0.3 is 12.1 Å². The Bertz CT molecular complexity index is 450. The van der Waals surface area contributed by atoms with E-state index < -0.39 is 24.8 Å². The Morgan fingerprint density at radius 2 is 2.26 bits per heavy atom. The molecule has 4 N–H and O–H groups in total. The van der Waals surface area contributed by atoms with Gasteiger partial charge in [-0.3, -0.25) is 0 Å². The van der Waals surface area contributed by atoms with Gasteiger partial charge in [0.2, 0.25) is 0 Å². The van der Waals surface area contributed by atoms with Crippen LogP contribution in [0.3, 0.4) is 0 Å². The Morgan fingerprint density at radius 3 is 2.79 bits per heavy atom. The molecular weight excluding hydrogens is 287 g/mol. The van der Waals surface area contributed by atoms with E-state index in [0.717, 1.165) is 11.5 Å². The van der Waals surface area contributed by atoms with Crippen LogP contribution in [-0.4, -0.2) is 40.9 Å². The zero-order chi connectivity index (χ0) is 14.6. The largest absolute Gasteiger partial charge is 0.462 e. The summed E-state index contributed by atoms with van der Waals surface area (Å²) in [5.74, 6) is -0.912. The van der Waals surface area contributed by atoms with Crippen molar-refractivity contribution < 1.29 is 27.8 Å². The molecule has 0 spiro atoms. The number of halogens is 3. The molecule has 6 nitrogen and oxygen atoms in total. The Hall–Kier alpha value is -1.55. The Balaban J connectivity index is 2.77. The molecule has 1 aromatic heterocycles. The topological polar surface area (TPSA) is 97.5 Å². The molecule has 19 heavy (non-hydrogen) atoms. The average molecular weight is 299 g/mol. The smallest absolute Gasteiger partial charge is 0.416 e. The van der Waals surface area contributed by atoms with Gasteiger partial charge in [0.05, 0.1) is 13.2 Å². The van der Waals surface area contributed by atoms with Crippen molar-refractivity contribution in [3.8, 4) is 0 Å². The quantitative estimate of drug-likeness (QED) is 0.708. The summed E-state index contributed by atoms with van der Waals surface area (Å²) < 4.78 is 44.7. The SMILES string of the molecule is CCOC(=O)c1c(N)nsc1NCC(O)C(F)(F)F. The number of nitrogens with zero attached hydrogens (tertiary/aromatic N) is 1. The highest BCUT2D eigenvalue weighted by Gasteiger charge is 2.38. The highest BCUT2D eigenvalue weighted by atomic mass is 32.1. The minimum absolute atomic E-state index is 0.0271. The van der Waals surface area contributed by atoms with Crippen molar-refractivity contribution >= 4 is 28.3 Å². The number of aliphatic hydroxyl groups is 1. The van der Waals surface area contributed by atoms with Gasteiger partial charge in [0.25, 0.3) is 0 Å². The summed E-state index contributed by atoms with van der Waals surface area (Å²) >= 11 is 0.718. The Morgan fingerprint density at radius 1 is 1.63 bits per heavy atom. The number of nitrogens with one attached hydrogen (secondary N) is 1. The minimum Gasteiger partial charge on any atom is -0.462 e. The maximum atomic E-state index is 12.1. The number of aromatic nitrogens is 1. The van der Waals surface area contributed by atoms with Gasteiger partial charge in [-0.2, -0.15) is 17.5 Å². The van der Waals surface area contributed by atoms with Crippen molar-refractivity contribution in [1.29, 1.82) is 0 Å². The van der Waals surface area contributed by atoms with Crippen LogP contribution in [0.25, 0.3) is 0 Å². The molecular formula is C9H12F3N3O3S. The third kappa shape index (κ3) is 3.96. The summed E-state index contributed by atoms with van der Waals surface area (Å²) in [4.78, 5) is 11.5. The van der Waals surface area contributed by atoms with Crippen LogP contribution in [0.2, 0.25) is 0 Å². The van der Waals surface area contributed by atoms with Gasteiger partial charge in [-0.25, -0.2) is 4.79 Å². The zero-order valence-electron chi connectivity index (χ0n) is 9.82. The van der Waals surface area contributed by atoms with Crippen molar-refractivity contribution in [3.05, 3.63) is 5.56 Å². The fraction of sp³-hybridized carbons (Fsp3) is 0.556. The van der Waals surface area contributed by atoms with E-state index in [1.165, 1.54) is 0 Å². The maximum absolute atomic E-state index is 12.1. The Labute approximate surface area is 110 Å². The van der Waals surface area contributed by atoms with E-state index in [1.54, 1.807) is 6.92 Å². The lowest BCUT2D eigenvalue weighted by Gasteiger charge is -2.15. The molecule has 10 heteroatoms. The molecule has 0 aliphatic carbocycles. The number of esters is 1. The molecule has 0 bridgehead atoms. The van der Waals surface area contributed by atoms with Gasteiger partial charge in [0, 0.05) is 0 Å². The fourth-order valence-corrected chi connectivity index (χ4v) is 1.84. The lowest BCUT2D eigenvalue weighted by Crippen LogP contribution is -2.35. The molecule has 1 rings (SSSR count). The molecule has 0 aliphatic heterocycles. The number of carbonyl (C=O) groups excluding carboxylic acids is 1. The van der Waals surface area contributed by atoms with Crippen molar-refractivity contribution in [3.63, 3.8) is 0 Å². The molecule has 1 heterocycles. The number of carbonyl (C=O) groups is 1. The summed E-state index contributed by atoms with van der Waals surface area (Å²) in [7, 11) is 0. The van der Waals surface area contributed by atoms with Crippen molar-refractivity contribution in [2.45, 2.75) is 19.2 Å². The van der Waals surface area contributed by atoms with Crippen LogP contribution in [0.5, 0.6) is 0 Å². The second-order valence-corrected chi connectivity index (χ2v) is 4.20. The second-order valence-electron chi connectivity index (χ2n) is 3.43. The van der Waals surface area contributed by atoms with E-state index >= 15 is 0 Å². The first-order valence-electron chi connectivity index (χ1n) is 5.18. The van der Waals surface area contributed by atoms with Crippen LogP contribution >= 0.6 is 11.5 Å². The molecule has 0 radical (unpaired) electrons. The number of alkyl halides is 3. The van der Waals surface area contributed by atoms with Crippen LogP contribution in [0.1, 0.15) is 17.3 Å². The van der Waals surface area contributed by atoms with Gasteiger partial charge in [-0.05, 0) is 18.5 Å². The van der Waals surface area contributed by atoms with Gasteiger partial charge in [0.1, 0.15) is 10.6 Å². The number of nitrogen functional groups attached to an aromatic ring is 1. The highest BCUT2D eigenvalue weighted by molar-refractivity contribution is 7.11. The summed E-state index contributed by atoms with van der Waals surface area (Å²) in [5, 5.41) is 11.1. The van der Waals surface area contributed by atoms with Crippen LogP contribution in [0, 0.1) is 0 Å². The number of anilines is 2. The third-order valence-electron chi connectivity index (χ3n) is 2.03. The normalized spacial score (nSPS) is 13.1. The van der Waals surface area contributed by atoms with Gasteiger partial charge in [-0.1, -0.05) is 0 Å². The van der Waals surface area contributed by atoms with Crippen LogP contribution in [0.15, 0.2) is 0 Å². The zero-order valence-corrected chi connectivity index (χ0v) is 10.6. The first-order chi connectivity index (χ1) is 8.77. The third-order valence-corrected chi connectivity index (χ3v) is 2.85. The van der Waals surface area contributed by atoms with E-state index in [0.29, 0.717) is 0 Å². The lowest BCUT2D eigenvalue weighted by atomic mass is 10.3. The van der Waals surface area contributed by atoms with E-state index in [4.69, 9.17) is 15.6 Å². The van der Waals surface area contributed by atoms with E-state index in [1.807, 2.05) is 0 Å². The fourth-order valence-electron chi connectivity index (χ4n) is 1.13. The van der Waals surface area contributed by atoms with Gasteiger partial charge < -0.3 is 20.9 Å². The number of ether oxygens (including phenoxy) is 1. The summed E-state index contributed by atoms with van der Waals surface area (Å²) in [6.45, 7) is 0.866. The van der Waals surface area contributed by atoms with Crippen LogP contribution in [-0.2, 0) is 4.74 Å². The number of hydrogen-bond acceptors (Lipinski definition) is 7. The predicted molar refractivity (Wildman–Crippen MR) is 63.0 cm³/mol. The first kappa shape index (κ1) is 15.5. The van der Waals surface area contributed by atoms with E-state index in [-0.39, 0.29) is 23.0 Å². The van der Waals surface area contributed by atoms with E-state index in [9.17, 15) is 18.0 Å². The molecule has 1 atom stereocenters. The summed E-state index contributed by atoms with van der Waals surface area (Å²) in [6.07, 6.45) is -7.29. The van der Waals surface area contributed by atoms with Crippen molar-refractivity contribution in [2.75, 3.05) is 24.2 Å². The molecule has 108 valence electrons. The minimum atomic E-state index is -4.74. The molecule has 0 aliphatic rings. The molecule has 1 unspecified atom stereocenters. The maximum Gasteiger partial charge on any atom is 0.416 e. The molecule has 0 saturated heterocycles. The number of hydrogen-bond donors (Lipinski definition) is 3. The Kier molecular flexibility index (Phi) is 4.95. The first-order valence-corrected chi connectivity index (χ1v) is 5.95. The monoisotopic (exact) mass is 299 g/mol. The summed E-state index contributed by atoms with van der Waals surface area (Å²) in [6, 6.07) is 0. The molecule has 0 saturated carbocycles. The standard InChI is InChI=1S/C9H12F3N3O3S/c1-2-18-8(17)5-6(13)15-19-7(5)14-3-4(16)9(10,11)12/h4,14,16H,2-3H2,1H3,(H2,13,15). The second kappa shape index (κ2) is 6.06. The van der Waals surface area contributed by atoms with Gasteiger partial charge in [-0.15, -0.1) is 0 Å². The van der Waals surface area contributed by atoms with Crippen molar-refractivity contribution in [1.82, 2.24) is 4.37 Å². The number of nitrogens with two attached hydrogens (primary N) is 1. The average Bonchev–Trinajstić information content (AvgIpc) is 2.66. The molecule has 0 amide bonds. The lowest BCUT2D eigenvalue weighted by molar-refractivity contribution is -0.198. The predicted octanol–water partition coefficient (Wildman–Crippen LogP) is 1.24. The summed E-state index contributed by atoms with van der Waals surface area (Å²) in [5.41, 5.74) is 5.31. The highest BCUT2D eigenvalue weighted by Crippen LogP contribution is 2.28. The van der Waals surface area contributed by atoms with Crippen LogP contribution < -0.4 is 11.1 Å². The van der Waals surface area contributed by atoms with Gasteiger partial charge in [0.15, 0.2) is 11.9 Å². The number of aliphatic hydroxyl groups excluding tert-OH is 1. The molecule has 0 aromatic carbocycles. The molecule has 1 aromatic rings.